The van der Waals surface area contributed by atoms with Crippen LogP contribution < -0.4 is 0 Å². The summed E-state index contributed by atoms with van der Waals surface area (Å²) in [4.78, 5) is 2.40. The largest absolute Gasteiger partial charge is 0.349 e. The first-order valence-corrected chi connectivity index (χ1v) is 7.81. The van der Waals surface area contributed by atoms with Crippen molar-refractivity contribution in [1.82, 2.24) is 4.90 Å². The second-order valence-electron chi connectivity index (χ2n) is 6.92. The Labute approximate surface area is 118 Å². The molecule has 2 fully saturated rings. The van der Waals surface area contributed by atoms with E-state index in [4.69, 9.17) is 9.47 Å². The molecule has 0 aromatic carbocycles. The second kappa shape index (κ2) is 5.01. The zero-order chi connectivity index (χ0) is 14.4. The van der Waals surface area contributed by atoms with Gasteiger partial charge >= 0.3 is 0 Å². The van der Waals surface area contributed by atoms with E-state index in [0.29, 0.717) is 23.5 Å². The average molecular weight is 269 g/mol. The van der Waals surface area contributed by atoms with Crippen LogP contribution in [0, 0.1) is 11.3 Å². The zero-order valence-electron chi connectivity index (χ0n) is 13.7. The molecule has 3 heteroatoms. The molecule has 2 rings (SSSR count). The van der Waals surface area contributed by atoms with Crippen molar-refractivity contribution < 1.29 is 9.47 Å². The van der Waals surface area contributed by atoms with Gasteiger partial charge in [-0.25, -0.2) is 0 Å². The van der Waals surface area contributed by atoms with Crippen LogP contribution in [0.2, 0.25) is 0 Å². The van der Waals surface area contributed by atoms with Crippen molar-refractivity contribution in [3.63, 3.8) is 0 Å². The Hall–Kier alpha value is -0.120. The van der Waals surface area contributed by atoms with Crippen molar-refractivity contribution in [2.75, 3.05) is 14.1 Å². The lowest BCUT2D eigenvalue weighted by atomic mass is 9.96. The zero-order valence-corrected chi connectivity index (χ0v) is 13.7. The number of nitrogens with zero attached hydrogens (tertiary/aromatic N) is 1. The Morgan fingerprint density at radius 1 is 1.05 bits per heavy atom. The maximum absolute atomic E-state index is 6.14. The van der Waals surface area contributed by atoms with Gasteiger partial charge in [-0.1, -0.05) is 20.8 Å². The van der Waals surface area contributed by atoms with E-state index in [0.717, 1.165) is 12.8 Å². The maximum atomic E-state index is 6.14. The van der Waals surface area contributed by atoms with Gasteiger partial charge in [0, 0.05) is 11.5 Å². The predicted molar refractivity (Wildman–Crippen MR) is 78.1 cm³/mol. The third kappa shape index (κ3) is 2.05. The minimum Gasteiger partial charge on any atom is -0.349 e. The molecule has 1 saturated heterocycles. The summed E-state index contributed by atoms with van der Waals surface area (Å²) in [6.07, 6.45) is 3.93. The molecule has 0 amide bonds. The van der Waals surface area contributed by atoms with Gasteiger partial charge in [0.05, 0.1) is 12.2 Å². The molecule has 1 heterocycles. The van der Waals surface area contributed by atoms with Crippen LogP contribution >= 0.6 is 0 Å². The fourth-order valence-corrected chi connectivity index (χ4v) is 4.78. The summed E-state index contributed by atoms with van der Waals surface area (Å²) >= 11 is 0. The van der Waals surface area contributed by atoms with Crippen LogP contribution in [0.3, 0.4) is 0 Å². The lowest BCUT2D eigenvalue weighted by molar-refractivity contribution is -0.249. The molecule has 0 aromatic heterocycles. The Balaban J connectivity index is 2.24. The fourth-order valence-electron chi connectivity index (χ4n) is 4.78. The summed E-state index contributed by atoms with van der Waals surface area (Å²) in [5.41, 5.74) is 0.524. The van der Waals surface area contributed by atoms with Crippen molar-refractivity contribution in [2.45, 2.75) is 77.9 Å². The van der Waals surface area contributed by atoms with Gasteiger partial charge in [-0.3, -0.25) is 0 Å². The SMILES string of the molecule is CCC1(C)C([C@H]2OC(C)C[C@@H](C)O2)C1(CC)N(C)C. The molecule has 1 saturated carbocycles. The smallest absolute Gasteiger partial charge is 0.163 e. The van der Waals surface area contributed by atoms with Crippen LogP contribution in [-0.2, 0) is 9.47 Å². The Kier molecular flexibility index (Phi) is 4.03. The Morgan fingerprint density at radius 2 is 1.58 bits per heavy atom. The lowest BCUT2D eigenvalue weighted by Gasteiger charge is -2.35. The molecular weight excluding hydrogens is 238 g/mol. The minimum absolute atomic E-state index is 0.0361. The van der Waals surface area contributed by atoms with Gasteiger partial charge in [0.25, 0.3) is 0 Å². The van der Waals surface area contributed by atoms with Crippen LogP contribution in [-0.4, -0.2) is 43.0 Å². The highest BCUT2D eigenvalue weighted by Gasteiger charge is 2.76. The molecule has 3 nitrogen and oxygen atoms in total. The third-order valence-electron chi connectivity index (χ3n) is 5.85. The van der Waals surface area contributed by atoms with Gasteiger partial charge < -0.3 is 14.4 Å². The number of hydrogen-bond acceptors (Lipinski definition) is 3. The topological polar surface area (TPSA) is 21.7 Å². The van der Waals surface area contributed by atoms with E-state index in [1.54, 1.807) is 0 Å². The van der Waals surface area contributed by atoms with E-state index in [1.807, 2.05) is 0 Å². The molecule has 112 valence electrons. The standard InChI is InChI=1S/C16H31NO2/c1-8-15(5)13(16(15,9-2)17(6)7)14-18-11(3)10-12(4)19-14/h11-14H,8-10H2,1-7H3/t11-,12?,13?,14-,15?,16?/m1/s1. The maximum Gasteiger partial charge on any atom is 0.163 e. The average Bonchev–Trinajstić information content (AvgIpc) is 2.89. The highest BCUT2D eigenvalue weighted by molar-refractivity contribution is 5.26. The lowest BCUT2D eigenvalue weighted by Crippen LogP contribution is -2.42. The normalized spacial score (nSPS) is 50.5. The fraction of sp³-hybridized carbons (Fsp3) is 1.00. The van der Waals surface area contributed by atoms with E-state index in [1.165, 1.54) is 6.42 Å². The summed E-state index contributed by atoms with van der Waals surface area (Å²) in [6.45, 7) is 11.3. The summed E-state index contributed by atoms with van der Waals surface area (Å²) in [5.74, 6) is 0.482. The summed E-state index contributed by atoms with van der Waals surface area (Å²) in [7, 11) is 4.40. The monoisotopic (exact) mass is 269 g/mol. The van der Waals surface area contributed by atoms with Gasteiger partial charge in [0.15, 0.2) is 6.29 Å². The van der Waals surface area contributed by atoms with E-state index < -0.39 is 0 Å². The van der Waals surface area contributed by atoms with Crippen molar-refractivity contribution in [3.05, 3.63) is 0 Å². The quantitative estimate of drug-likeness (QED) is 0.782. The van der Waals surface area contributed by atoms with Crippen molar-refractivity contribution >= 4 is 0 Å². The van der Waals surface area contributed by atoms with Crippen LogP contribution in [0.4, 0.5) is 0 Å². The molecule has 4 unspecified atom stereocenters. The van der Waals surface area contributed by atoms with Crippen molar-refractivity contribution in [2.24, 2.45) is 11.3 Å². The van der Waals surface area contributed by atoms with Gasteiger partial charge in [-0.2, -0.15) is 0 Å². The van der Waals surface area contributed by atoms with Gasteiger partial charge in [0.2, 0.25) is 0 Å². The van der Waals surface area contributed by atoms with Crippen LogP contribution in [0.1, 0.15) is 53.9 Å². The molecule has 0 aromatic rings. The Bertz CT molecular complexity index is 323. The second-order valence-corrected chi connectivity index (χ2v) is 6.92. The van der Waals surface area contributed by atoms with Crippen molar-refractivity contribution in [1.29, 1.82) is 0 Å². The number of ether oxygens (including phenoxy) is 2. The molecule has 6 atom stereocenters. The predicted octanol–water partition coefficient (Wildman–Crippen LogP) is 3.28. The molecule has 0 radical (unpaired) electrons. The van der Waals surface area contributed by atoms with Gasteiger partial charge in [0.1, 0.15) is 0 Å². The third-order valence-corrected chi connectivity index (χ3v) is 5.85. The van der Waals surface area contributed by atoms with Crippen molar-refractivity contribution in [3.8, 4) is 0 Å². The molecule has 19 heavy (non-hydrogen) atoms. The van der Waals surface area contributed by atoms with Crippen LogP contribution in [0.15, 0.2) is 0 Å². The van der Waals surface area contributed by atoms with Crippen LogP contribution in [0.5, 0.6) is 0 Å². The number of hydrogen-bond donors (Lipinski definition) is 0. The summed E-state index contributed by atoms with van der Waals surface area (Å²) in [5, 5.41) is 0. The minimum atomic E-state index is -0.0361. The van der Waals surface area contributed by atoms with Crippen LogP contribution in [0.25, 0.3) is 0 Å². The van der Waals surface area contributed by atoms with E-state index >= 15 is 0 Å². The van der Waals surface area contributed by atoms with E-state index in [9.17, 15) is 0 Å². The first-order chi connectivity index (χ1) is 8.83. The van der Waals surface area contributed by atoms with Gasteiger partial charge in [-0.15, -0.1) is 0 Å². The molecule has 2 aliphatic rings. The molecule has 0 spiro atoms. The molecular formula is C16H31NO2. The molecule has 0 bridgehead atoms. The first-order valence-electron chi connectivity index (χ1n) is 7.81. The highest BCUT2D eigenvalue weighted by Crippen LogP contribution is 2.70. The number of rotatable bonds is 4. The highest BCUT2D eigenvalue weighted by atomic mass is 16.7. The van der Waals surface area contributed by atoms with E-state index in [-0.39, 0.29) is 11.8 Å². The van der Waals surface area contributed by atoms with E-state index in [2.05, 4.69) is 53.6 Å². The molecule has 1 aliphatic carbocycles. The van der Waals surface area contributed by atoms with Gasteiger partial charge in [-0.05, 0) is 52.6 Å². The molecule has 0 N–H and O–H groups in total. The summed E-state index contributed by atoms with van der Waals surface area (Å²) in [6, 6.07) is 0. The molecule has 1 aliphatic heterocycles. The first kappa shape index (κ1) is 15.3. The summed E-state index contributed by atoms with van der Waals surface area (Å²) < 4.78 is 12.3. The Morgan fingerprint density at radius 3 is 1.89 bits per heavy atom.